The minimum atomic E-state index is 1.02. The number of nitrogens with zero attached hydrogens (tertiary/aromatic N) is 1. The molecule has 9 aromatic carbocycles. The van der Waals surface area contributed by atoms with Gasteiger partial charge in [-0.3, -0.25) is 0 Å². The van der Waals surface area contributed by atoms with Crippen molar-refractivity contribution < 1.29 is 0 Å². The van der Waals surface area contributed by atoms with Crippen LogP contribution in [0.4, 0.5) is 22.7 Å². The molecular weight excluding hydrogens is 749 g/mol. The maximum Gasteiger partial charge on any atom is 0.0462 e. The Hall–Kier alpha value is -7.94. The summed E-state index contributed by atoms with van der Waals surface area (Å²) in [6.07, 6.45) is 13.6. The van der Waals surface area contributed by atoms with E-state index in [1.165, 1.54) is 77.5 Å². The van der Waals surface area contributed by atoms with E-state index < -0.39 is 0 Å². The van der Waals surface area contributed by atoms with E-state index in [1.54, 1.807) is 0 Å². The minimum absolute atomic E-state index is 1.02. The first kappa shape index (κ1) is 37.1. The van der Waals surface area contributed by atoms with Gasteiger partial charge in [0.15, 0.2) is 0 Å². The Labute approximate surface area is 364 Å². The van der Waals surface area contributed by atoms with Gasteiger partial charge < -0.3 is 10.2 Å². The number of aryl methyl sites for hydroxylation is 1. The molecular formula is C60H44N2. The molecule has 0 radical (unpaired) electrons. The summed E-state index contributed by atoms with van der Waals surface area (Å²) in [6, 6.07) is 74.7. The highest BCUT2D eigenvalue weighted by atomic mass is 15.1. The van der Waals surface area contributed by atoms with Crippen LogP contribution in [0.15, 0.2) is 219 Å². The SMILES string of the molecule is C1=Cc2c3c(c4ccccc4c2CC1)/C(c1ccc(N(c2ccc(-c4ccccc4)cc2)c2ccc(-c4ccccc4)cc2)cc1)=C\c1ccccc1-c1ccccc1N/C=C/3. The number of anilines is 4. The van der Waals surface area contributed by atoms with Crippen LogP contribution in [0.25, 0.3) is 68.0 Å². The van der Waals surface area contributed by atoms with Crippen LogP contribution in [0.3, 0.4) is 0 Å². The highest BCUT2D eigenvalue weighted by Crippen LogP contribution is 2.44. The van der Waals surface area contributed by atoms with Crippen molar-refractivity contribution in [3.05, 3.63) is 252 Å². The molecule has 1 aliphatic carbocycles. The minimum Gasteiger partial charge on any atom is -0.361 e. The lowest BCUT2D eigenvalue weighted by Crippen LogP contribution is -2.10. The number of fused-ring (bicyclic) bond motifs is 9. The third-order valence-electron chi connectivity index (χ3n) is 12.4. The monoisotopic (exact) mass is 792 g/mol. The maximum atomic E-state index is 3.69. The number of hydrogen-bond donors (Lipinski definition) is 1. The van der Waals surface area contributed by atoms with Gasteiger partial charge in [-0.15, -0.1) is 0 Å². The van der Waals surface area contributed by atoms with Crippen molar-refractivity contribution in [2.45, 2.75) is 12.8 Å². The van der Waals surface area contributed by atoms with Crippen molar-refractivity contribution >= 4 is 57.3 Å². The predicted octanol–water partition coefficient (Wildman–Crippen LogP) is 16.3. The summed E-state index contributed by atoms with van der Waals surface area (Å²) in [4.78, 5) is 2.37. The van der Waals surface area contributed by atoms with Crippen LogP contribution in [0.2, 0.25) is 0 Å². The first-order chi connectivity index (χ1) is 30.8. The molecule has 1 aliphatic heterocycles. The molecule has 0 saturated heterocycles. The average Bonchev–Trinajstić information content (AvgIpc) is 3.37. The Morgan fingerprint density at radius 2 is 0.919 bits per heavy atom. The molecule has 2 aliphatic rings. The van der Waals surface area contributed by atoms with Crippen LogP contribution in [0.5, 0.6) is 0 Å². The fourth-order valence-corrected chi connectivity index (χ4v) is 9.39. The Kier molecular flexibility index (Phi) is 9.72. The Balaban J connectivity index is 1.10. The molecule has 0 saturated carbocycles. The number of rotatable bonds is 6. The standard InChI is InChI=1S/C60H44N2/c1-3-15-42(16-4-1)44-27-33-48(34-28-44)62(49-35-29-45(30-36-49)43-17-5-2-6-18-43)50-37-31-46(32-38-50)58-41-47-19-7-8-20-51(47)55-24-13-14-26-59(55)61-40-39-57-54-23-10-9-21-52(54)53-22-11-12-25-56(53)60(57)58/h1-8,10-20,22-41,61H,9,21H2/b40-39+,58-41-. The Morgan fingerprint density at radius 1 is 0.403 bits per heavy atom. The van der Waals surface area contributed by atoms with Crippen LogP contribution in [0.1, 0.15) is 39.8 Å². The first-order valence-electron chi connectivity index (χ1n) is 21.6. The summed E-state index contributed by atoms with van der Waals surface area (Å²) < 4.78 is 0. The molecule has 0 aromatic heterocycles. The highest BCUT2D eigenvalue weighted by Gasteiger charge is 2.23. The number of nitrogens with one attached hydrogen (secondary N) is 1. The van der Waals surface area contributed by atoms with E-state index >= 15 is 0 Å². The van der Waals surface area contributed by atoms with Gasteiger partial charge in [0.05, 0.1) is 0 Å². The van der Waals surface area contributed by atoms with Crippen molar-refractivity contribution in [1.82, 2.24) is 0 Å². The van der Waals surface area contributed by atoms with Gasteiger partial charge in [0, 0.05) is 34.5 Å². The number of allylic oxidation sites excluding steroid dienone is 1. The third kappa shape index (κ3) is 6.92. The van der Waals surface area contributed by atoms with Gasteiger partial charge >= 0.3 is 0 Å². The third-order valence-corrected chi connectivity index (χ3v) is 12.4. The molecule has 0 fully saturated rings. The molecule has 1 N–H and O–H groups in total. The molecule has 0 atom stereocenters. The normalized spacial score (nSPS) is 14.2. The van der Waals surface area contributed by atoms with Gasteiger partial charge in [-0.05, 0) is 145 Å². The summed E-state index contributed by atoms with van der Waals surface area (Å²) in [5.74, 6) is 0. The lowest BCUT2D eigenvalue weighted by Gasteiger charge is -2.27. The molecule has 0 spiro atoms. The molecule has 2 heteroatoms. The van der Waals surface area contributed by atoms with E-state index in [2.05, 4.69) is 247 Å². The summed E-state index contributed by atoms with van der Waals surface area (Å²) in [5.41, 5.74) is 20.2. The fourth-order valence-electron chi connectivity index (χ4n) is 9.39. The number of benzene rings is 9. The van der Waals surface area contributed by atoms with E-state index in [1.807, 2.05) is 0 Å². The second-order valence-electron chi connectivity index (χ2n) is 16.0. The second kappa shape index (κ2) is 16.3. The zero-order valence-corrected chi connectivity index (χ0v) is 34.4. The smallest absolute Gasteiger partial charge is 0.0462 e. The summed E-state index contributed by atoms with van der Waals surface area (Å²) in [5, 5.41) is 6.29. The van der Waals surface area contributed by atoms with E-state index in [9.17, 15) is 0 Å². The van der Waals surface area contributed by atoms with Gasteiger partial charge in [-0.1, -0.05) is 176 Å². The van der Waals surface area contributed by atoms with Crippen LogP contribution in [-0.4, -0.2) is 0 Å². The molecule has 1 heterocycles. The number of para-hydroxylation sites is 1. The topological polar surface area (TPSA) is 15.3 Å². The van der Waals surface area contributed by atoms with Crippen LogP contribution in [-0.2, 0) is 6.42 Å². The van der Waals surface area contributed by atoms with Gasteiger partial charge in [0.2, 0.25) is 0 Å². The van der Waals surface area contributed by atoms with E-state index in [-0.39, 0.29) is 0 Å². The van der Waals surface area contributed by atoms with Crippen molar-refractivity contribution in [2.75, 3.05) is 10.2 Å². The van der Waals surface area contributed by atoms with Crippen LogP contribution >= 0.6 is 0 Å². The van der Waals surface area contributed by atoms with Gasteiger partial charge in [-0.25, -0.2) is 0 Å². The lowest BCUT2D eigenvalue weighted by atomic mass is 9.80. The fraction of sp³-hybridized carbons (Fsp3) is 0.0333. The Bertz CT molecular complexity index is 3070. The zero-order valence-electron chi connectivity index (χ0n) is 34.4. The van der Waals surface area contributed by atoms with Crippen molar-refractivity contribution in [3.8, 4) is 33.4 Å². The number of hydrogen-bond acceptors (Lipinski definition) is 2. The van der Waals surface area contributed by atoms with Crippen LogP contribution in [0, 0.1) is 0 Å². The van der Waals surface area contributed by atoms with Crippen LogP contribution < -0.4 is 10.2 Å². The second-order valence-corrected chi connectivity index (χ2v) is 16.0. The van der Waals surface area contributed by atoms with E-state index in [0.717, 1.165) is 41.2 Å². The first-order valence-corrected chi connectivity index (χ1v) is 21.6. The lowest BCUT2D eigenvalue weighted by molar-refractivity contribution is 0.996. The van der Waals surface area contributed by atoms with Crippen molar-refractivity contribution in [3.63, 3.8) is 0 Å². The van der Waals surface area contributed by atoms with E-state index in [4.69, 9.17) is 0 Å². The van der Waals surface area contributed by atoms with E-state index in [0.29, 0.717) is 0 Å². The molecule has 0 bridgehead atoms. The Morgan fingerprint density at radius 3 is 1.56 bits per heavy atom. The molecule has 2 nitrogen and oxygen atoms in total. The highest BCUT2D eigenvalue weighted by molar-refractivity contribution is 6.09. The molecule has 9 aromatic rings. The van der Waals surface area contributed by atoms with Crippen molar-refractivity contribution in [2.24, 2.45) is 0 Å². The quantitative estimate of drug-likeness (QED) is 0.180. The summed E-state index contributed by atoms with van der Waals surface area (Å²) >= 11 is 0. The van der Waals surface area contributed by atoms with Gasteiger partial charge in [-0.2, -0.15) is 0 Å². The van der Waals surface area contributed by atoms with Gasteiger partial charge in [0.1, 0.15) is 0 Å². The average molecular weight is 793 g/mol. The molecule has 62 heavy (non-hydrogen) atoms. The largest absolute Gasteiger partial charge is 0.361 e. The molecule has 11 rings (SSSR count). The van der Waals surface area contributed by atoms with Crippen molar-refractivity contribution in [1.29, 1.82) is 0 Å². The molecule has 0 amide bonds. The molecule has 294 valence electrons. The predicted molar refractivity (Wildman–Crippen MR) is 265 cm³/mol. The molecule has 0 unspecified atom stereocenters. The zero-order chi connectivity index (χ0) is 41.2. The summed E-state index contributed by atoms with van der Waals surface area (Å²) in [6.45, 7) is 0. The van der Waals surface area contributed by atoms with Gasteiger partial charge in [0.25, 0.3) is 0 Å². The summed E-state index contributed by atoms with van der Waals surface area (Å²) in [7, 11) is 0. The maximum absolute atomic E-state index is 3.69.